The maximum Gasteiger partial charge on any atom is 0.123 e. The van der Waals surface area contributed by atoms with Crippen LogP contribution < -0.4 is 10.1 Å². The lowest BCUT2D eigenvalue weighted by atomic mass is 10.1. The van der Waals surface area contributed by atoms with Gasteiger partial charge in [-0.15, -0.1) is 0 Å². The average molecular weight is 281 g/mol. The van der Waals surface area contributed by atoms with Gasteiger partial charge in [-0.1, -0.05) is 31.0 Å². The second-order valence-corrected chi connectivity index (χ2v) is 6.80. The molecular formula is C15H23NO2S. The molecule has 0 amide bonds. The first-order valence-corrected chi connectivity index (χ1v) is 8.31. The number of nitrogens with one attached hydrogen (secondary N) is 1. The summed E-state index contributed by atoms with van der Waals surface area (Å²) in [6, 6.07) is 8.06. The van der Waals surface area contributed by atoms with E-state index in [-0.39, 0.29) is 6.04 Å². The first-order valence-electron chi connectivity index (χ1n) is 6.93. The summed E-state index contributed by atoms with van der Waals surface area (Å²) in [7, 11) is 2.85. The Kier molecular flexibility index (Phi) is 5.40. The van der Waals surface area contributed by atoms with E-state index in [1.165, 1.54) is 12.8 Å². The van der Waals surface area contributed by atoms with E-state index in [1.807, 2.05) is 31.3 Å². The van der Waals surface area contributed by atoms with Gasteiger partial charge >= 0.3 is 0 Å². The number of rotatable bonds is 6. The highest BCUT2D eigenvalue weighted by Crippen LogP contribution is 2.28. The quantitative estimate of drug-likeness (QED) is 0.871. The van der Waals surface area contributed by atoms with Crippen molar-refractivity contribution < 1.29 is 8.95 Å². The first-order chi connectivity index (χ1) is 9.26. The smallest absolute Gasteiger partial charge is 0.123 e. The zero-order valence-corrected chi connectivity index (χ0v) is 12.5. The largest absolute Gasteiger partial charge is 0.496 e. The fourth-order valence-corrected chi connectivity index (χ4v) is 4.54. The van der Waals surface area contributed by atoms with Crippen molar-refractivity contribution in [2.45, 2.75) is 37.0 Å². The Morgan fingerprint density at radius 2 is 2.05 bits per heavy atom. The normalized spacial score (nSPS) is 19.3. The molecule has 106 valence electrons. The lowest BCUT2D eigenvalue weighted by molar-refractivity contribution is 0.404. The summed E-state index contributed by atoms with van der Waals surface area (Å²) >= 11 is 0. The highest BCUT2D eigenvalue weighted by molar-refractivity contribution is 7.85. The van der Waals surface area contributed by atoms with Gasteiger partial charge in [-0.05, 0) is 26.0 Å². The molecule has 19 heavy (non-hydrogen) atoms. The van der Waals surface area contributed by atoms with Crippen molar-refractivity contribution in [3.63, 3.8) is 0 Å². The Hall–Kier alpha value is -0.870. The molecule has 1 aliphatic carbocycles. The van der Waals surface area contributed by atoms with Gasteiger partial charge in [0, 0.05) is 33.4 Å². The second-order valence-electron chi connectivity index (χ2n) is 5.04. The van der Waals surface area contributed by atoms with Crippen molar-refractivity contribution in [1.29, 1.82) is 0 Å². The summed E-state index contributed by atoms with van der Waals surface area (Å²) in [5.74, 6) is 1.53. The van der Waals surface area contributed by atoms with Crippen LogP contribution in [-0.4, -0.2) is 29.4 Å². The summed E-state index contributed by atoms with van der Waals surface area (Å²) < 4.78 is 17.8. The molecule has 0 bridgehead atoms. The van der Waals surface area contributed by atoms with Crippen LogP contribution in [0.1, 0.15) is 37.3 Å². The van der Waals surface area contributed by atoms with Crippen LogP contribution in [0.3, 0.4) is 0 Å². The predicted molar refractivity (Wildman–Crippen MR) is 80.1 cm³/mol. The highest BCUT2D eigenvalue weighted by Gasteiger charge is 2.25. The highest BCUT2D eigenvalue weighted by atomic mass is 32.2. The molecule has 1 aliphatic rings. The van der Waals surface area contributed by atoms with Crippen molar-refractivity contribution in [1.82, 2.24) is 5.32 Å². The van der Waals surface area contributed by atoms with Crippen LogP contribution in [0.15, 0.2) is 24.3 Å². The van der Waals surface area contributed by atoms with Gasteiger partial charge in [0.25, 0.3) is 0 Å². The van der Waals surface area contributed by atoms with Gasteiger partial charge in [0.15, 0.2) is 0 Å². The summed E-state index contributed by atoms with van der Waals surface area (Å²) in [5.41, 5.74) is 1.10. The molecule has 0 aromatic heterocycles. The Morgan fingerprint density at radius 3 is 2.68 bits per heavy atom. The van der Waals surface area contributed by atoms with Crippen molar-refractivity contribution in [3.05, 3.63) is 29.8 Å². The minimum absolute atomic E-state index is 0.0950. The van der Waals surface area contributed by atoms with Gasteiger partial charge in [0.05, 0.1) is 7.11 Å². The van der Waals surface area contributed by atoms with E-state index in [9.17, 15) is 4.21 Å². The molecule has 0 radical (unpaired) electrons. The van der Waals surface area contributed by atoms with E-state index in [4.69, 9.17) is 4.74 Å². The van der Waals surface area contributed by atoms with E-state index in [0.29, 0.717) is 11.0 Å². The lowest BCUT2D eigenvalue weighted by Crippen LogP contribution is -2.26. The minimum atomic E-state index is -0.754. The van der Waals surface area contributed by atoms with Crippen LogP contribution >= 0.6 is 0 Å². The van der Waals surface area contributed by atoms with E-state index in [2.05, 4.69) is 5.32 Å². The SMILES string of the molecule is CNC(CS(=O)C1CCCC1)c1ccccc1OC. The summed E-state index contributed by atoms with van der Waals surface area (Å²) in [6.07, 6.45) is 4.70. The second kappa shape index (κ2) is 7.06. The minimum Gasteiger partial charge on any atom is -0.496 e. The Labute approximate surface area is 118 Å². The first kappa shape index (κ1) is 14.5. The van der Waals surface area contributed by atoms with E-state index in [0.717, 1.165) is 24.2 Å². The Bertz CT molecular complexity index is 430. The van der Waals surface area contributed by atoms with Crippen LogP contribution in [0.25, 0.3) is 0 Å². The predicted octanol–water partition coefficient (Wildman–Crippen LogP) is 2.65. The molecule has 2 rings (SSSR count). The Balaban J connectivity index is 2.08. The molecule has 3 nitrogen and oxygen atoms in total. The van der Waals surface area contributed by atoms with E-state index >= 15 is 0 Å². The lowest BCUT2D eigenvalue weighted by Gasteiger charge is -2.20. The summed E-state index contributed by atoms with van der Waals surface area (Å²) in [5, 5.41) is 3.67. The van der Waals surface area contributed by atoms with E-state index in [1.54, 1.807) is 7.11 Å². The topological polar surface area (TPSA) is 38.3 Å². The van der Waals surface area contributed by atoms with Gasteiger partial charge in [-0.2, -0.15) is 0 Å². The molecule has 1 fully saturated rings. The monoisotopic (exact) mass is 281 g/mol. The van der Waals surface area contributed by atoms with Gasteiger partial charge in [0.1, 0.15) is 5.75 Å². The summed E-state index contributed by atoms with van der Waals surface area (Å²) in [4.78, 5) is 0. The zero-order chi connectivity index (χ0) is 13.7. The Morgan fingerprint density at radius 1 is 1.37 bits per heavy atom. The van der Waals surface area contributed by atoms with Crippen molar-refractivity contribution in [2.75, 3.05) is 19.9 Å². The van der Waals surface area contributed by atoms with Gasteiger partial charge in [0.2, 0.25) is 0 Å². The fourth-order valence-electron chi connectivity index (χ4n) is 2.73. The molecule has 4 heteroatoms. The van der Waals surface area contributed by atoms with Gasteiger partial charge in [-0.25, -0.2) is 0 Å². The molecule has 0 saturated heterocycles. The molecule has 1 aromatic carbocycles. The number of ether oxygens (including phenoxy) is 1. The molecular weight excluding hydrogens is 258 g/mol. The fraction of sp³-hybridized carbons (Fsp3) is 0.600. The third-order valence-corrected chi connectivity index (χ3v) is 5.74. The molecule has 2 unspecified atom stereocenters. The number of hydrogen-bond donors (Lipinski definition) is 1. The maximum absolute atomic E-state index is 12.4. The van der Waals surface area contributed by atoms with Crippen LogP contribution in [-0.2, 0) is 10.8 Å². The molecule has 0 heterocycles. The zero-order valence-electron chi connectivity index (χ0n) is 11.7. The van der Waals surface area contributed by atoms with Crippen LogP contribution in [0.2, 0.25) is 0 Å². The average Bonchev–Trinajstić information content (AvgIpc) is 2.98. The van der Waals surface area contributed by atoms with Crippen molar-refractivity contribution in [2.24, 2.45) is 0 Å². The third kappa shape index (κ3) is 3.57. The number of benzene rings is 1. The van der Waals surface area contributed by atoms with Crippen molar-refractivity contribution in [3.8, 4) is 5.75 Å². The van der Waals surface area contributed by atoms with Crippen molar-refractivity contribution >= 4 is 10.8 Å². The summed E-state index contributed by atoms with van der Waals surface area (Å²) in [6.45, 7) is 0. The molecule has 1 saturated carbocycles. The maximum atomic E-state index is 12.4. The van der Waals surface area contributed by atoms with Gasteiger partial charge < -0.3 is 10.1 Å². The number of methoxy groups -OCH3 is 1. The van der Waals surface area contributed by atoms with Crippen LogP contribution in [0.5, 0.6) is 5.75 Å². The van der Waals surface area contributed by atoms with Crippen LogP contribution in [0, 0.1) is 0 Å². The third-order valence-electron chi connectivity index (χ3n) is 3.87. The molecule has 0 spiro atoms. The number of para-hydroxylation sites is 1. The molecule has 1 N–H and O–H groups in total. The van der Waals surface area contributed by atoms with E-state index < -0.39 is 10.8 Å². The number of hydrogen-bond acceptors (Lipinski definition) is 3. The van der Waals surface area contributed by atoms with Crippen LogP contribution in [0.4, 0.5) is 0 Å². The molecule has 2 atom stereocenters. The molecule has 0 aliphatic heterocycles. The standard InChI is InChI=1S/C15H23NO2S/c1-16-14(11-19(17)12-7-3-4-8-12)13-9-5-6-10-15(13)18-2/h5-6,9-10,12,14,16H,3-4,7-8,11H2,1-2H3. The molecule has 1 aromatic rings. The van der Waals surface area contributed by atoms with Gasteiger partial charge in [-0.3, -0.25) is 4.21 Å².